The normalized spacial score (nSPS) is 13.7. The fraction of sp³-hybridized carbons (Fsp3) is 0.400. The SMILES string of the molecule is CC(C)(C)c1ccc2c(c1)O2. The highest BCUT2D eigenvalue weighted by Crippen LogP contribution is 2.46. The Hall–Kier alpha value is -0.980. The van der Waals surface area contributed by atoms with Gasteiger partial charge in [-0.2, -0.15) is 0 Å². The van der Waals surface area contributed by atoms with Crippen LogP contribution in [0.25, 0.3) is 0 Å². The van der Waals surface area contributed by atoms with Crippen molar-refractivity contribution in [1.82, 2.24) is 0 Å². The van der Waals surface area contributed by atoms with Gasteiger partial charge in [-0.3, -0.25) is 0 Å². The summed E-state index contributed by atoms with van der Waals surface area (Å²) in [6.07, 6.45) is 0. The Labute approximate surface area is 67.0 Å². The summed E-state index contributed by atoms with van der Waals surface area (Å²) in [6.45, 7) is 6.62. The first-order chi connectivity index (χ1) is 5.07. The topological polar surface area (TPSA) is 12.5 Å². The number of fused-ring (bicyclic) bond motifs is 1. The molecule has 1 aromatic rings. The molecule has 0 bridgehead atoms. The second-order valence-electron chi connectivity index (χ2n) is 4.01. The van der Waals surface area contributed by atoms with Crippen LogP contribution in [0, 0.1) is 0 Å². The van der Waals surface area contributed by atoms with E-state index in [9.17, 15) is 0 Å². The van der Waals surface area contributed by atoms with Crippen molar-refractivity contribution < 1.29 is 4.74 Å². The molecular formula is C10H12O. The van der Waals surface area contributed by atoms with E-state index < -0.39 is 0 Å². The van der Waals surface area contributed by atoms with E-state index in [1.165, 1.54) is 5.56 Å². The number of rotatable bonds is 0. The van der Waals surface area contributed by atoms with Crippen LogP contribution in [-0.4, -0.2) is 0 Å². The highest BCUT2D eigenvalue weighted by Gasteiger charge is 2.23. The molecule has 11 heavy (non-hydrogen) atoms. The van der Waals surface area contributed by atoms with Crippen LogP contribution in [0.4, 0.5) is 0 Å². The minimum atomic E-state index is 0.237. The van der Waals surface area contributed by atoms with Gasteiger partial charge in [0.05, 0.1) is 0 Å². The molecule has 0 atom stereocenters. The molecule has 0 unspecified atom stereocenters. The largest absolute Gasteiger partial charge is 0.450 e. The van der Waals surface area contributed by atoms with Crippen molar-refractivity contribution in [3.8, 4) is 11.5 Å². The van der Waals surface area contributed by atoms with Gasteiger partial charge in [0.15, 0.2) is 11.5 Å². The van der Waals surface area contributed by atoms with E-state index in [-0.39, 0.29) is 5.41 Å². The molecule has 58 valence electrons. The van der Waals surface area contributed by atoms with Crippen LogP contribution in [0.5, 0.6) is 11.5 Å². The van der Waals surface area contributed by atoms with Gasteiger partial charge in [-0.05, 0) is 23.1 Å². The minimum absolute atomic E-state index is 0.237. The van der Waals surface area contributed by atoms with Crippen molar-refractivity contribution in [1.29, 1.82) is 0 Å². The van der Waals surface area contributed by atoms with Gasteiger partial charge in [-0.1, -0.05) is 26.8 Å². The van der Waals surface area contributed by atoms with Crippen molar-refractivity contribution in [2.45, 2.75) is 26.2 Å². The Morgan fingerprint density at radius 3 is 2.36 bits per heavy atom. The molecule has 0 aliphatic carbocycles. The molecule has 0 aromatic heterocycles. The van der Waals surface area contributed by atoms with Gasteiger partial charge in [0, 0.05) is 0 Å². The molecule has 0 amide bonds. The average Bonchev–Trinajstić information content (AvgIpc) is 2.60. The Bertz CT molecular complexity index is 294. The van der Waals surface area contributed by atoms with Gasteiger partial charge in [-0.25, -0.2) is 0 Å². The quantitative estimate of drug-likeness (QED) is 0.523. The van der Waals surface area contributed by atoms with Crippen LogP contribution in [0.1, 0.15) is 26.3 Å². The van der Waals surface area contributed by atoms with Gasteiger partial charge in [0.25, 0.3) is 0 Å². The molecular weight excluding hydrogens is 136 g/mol. The molecule has 1 heteroatoms. The van der Waals surface area contributed by atoms with E-state index in [1.54, 1.807) is 0 Å². The summed E-state index contributed by atoms with van der Waals surface area (Å²) in [5.41, 5.74) is 1.58. The lowest BCUT2D eigenvalue weighted by Crippen LogP contribution is -2.09. The molecule has 0 saturated carbocycles. The first kappa shape index (κ1) is 6.71. The van der Waals surface area contributed by atoms with Crippen LogP contribution in [0.2, 0.25) is 0 Å². The van der Waals surface area contributed by atoms with Crippen LogP contribution < -0.4 is 4.74 Å². The first-order valence-electron chi connectivity index (χ1n) is 3.90. The maximum Gasteiger partial charge on any atom is 0.170 e. The summed E-state index contributed by atoms with van der Waals surface area (Å²) in [7, 11) is 0. The van der Waals surface area contributed by atoms with Gasteiger partial charge < -0.3 is 4.74 Å². The zero-order valence-electron chi connectivity index (χ0n) is 7.14. The van der Waals surface area contributed by atoms with Crippen LogP contribution in [-0.2, 0) is 5.41 Å². The molecule has 1 aliphatic heterocycles. The second-order valence-corrected chi connectivity index (χ2v) is 4.01. The van der Waals surface area contributed by atoms with E-state index in [0.717, 1.165) is 11.5 Å². The van der Waals surface area contributed by atoms with E-state index in [1.807, 2.05) is 6.07 Å². The van der Waals surface area contributed by atoms with E-state index in [4.69, 9.17) is 4.74 Å². The third-order valence-corrected chi connectivity index (χ3v) is 1.99. The number of ether oxygens (including phenoxy) is 1. The lowest BCUT2D eigenvalue weighted by molar-refractivity contribution is 0.588. The Morgan fingerprint density at radius 2 is 1.82 bits per heavy atom. The number of benzene rings is 1. The molecule has 1 aliphatic rings. The molecule has 1 heterocycles. The fourth-order valence-electron chi connectivity index (χ4n) is 1.13. The van der Waals surface area contributed by atoms with Crippen LogP contribution >= 0.6 is 0 Å². The van der Waals surface area contributed by atoms with Crippen molar-refractivity contribution in [2.75, 3.05) is 0 Å². The van der Waals surface area contributed by atoms with Crippen molar-refractivity contribution in [2.24, 2.45) is 0 Å². The summed E-state index contributed by atoms with van der Waals surface area (Å²) < 4.78 is 5.17. The highest BCUT2D eigenvalue weighted by atomic mass is 16.6. The van der Waals surface area contributed by atoms with E-state index in [2.05, 4.69) is 32.9 Å². The molecule has 0 fully saturated rings. The first-order valence-corrected chi connectivity index (χ1v) is 3.90. The lowest BCUT2D eigenvalue weighted by Gasteiger charge is -2.17. The van der Waals surface area contributed by atoms with Gasteiger partial charge in [-0.15, -0.1) is 0 Å². The monoisotopic (exact) mass is 148 g/mol. The van der Waals surface area contributed by atoms with Crippen LogP contribution in [0.3, 0.4) is 0 Å². The summed E-state index contributed by atoms with van der Waals surface area (Å²) >= 11 is 0. The van der Waals surface area contributed by atoms with Crippen molar-refractivity contribution in [3.05, 3.63) is 23.8 Å². The second kappa shape index (κ2) is 1.79. The molecule has 1 aromatic carbocycles. The molecule has 0 N–H and O–H groups in total. The molecule has 0 saturated heterocycles. The minimum Gasteiger partial charge on any atom is -0.450 e. The Morgan fingerprint density at radius 1 is 1.09 bits per heavy atom. The number of hydrogen-bond donors (Lipinski definition) is 0. The van der Waals surface area contributed by atoms with Crippen molar-refractivity contribution in [3.63, 3.8) is 0 Å². The van der Waals surface area contributed by atoms with Crippen molar-refractivity contribution >= 4 is 0 Å². The number of hydrogen-bond acceptors (Lipinski definition) is 1. The predicted octanol–water partition coefficient (Wildman–Crippen LogP) is 3.09. The summed E-state index contributed by atoms with van der Waals surface area (Å²) in [6, 6.07) is 6.29. The lowest BCUT2D eigenvalue weighted by atomic mass is 9.87. The molecule has 2 rings (SSSR count). The summed E-state index contributed by atoms with van der Waals surface area (Å²) in [4.78, 5) is 0. The highest BCUT2D eigenvalue weighted by molar-refractivity contribution is 5.56. The zero-order chi connectivity index (χ0) is 8.06. The maximum atomic E-state index is 5.17. The molecule has 0 spiro atoms. The average molecular weight is 148 g/mol. The van der Waals surface area contributed by atoms with Gasteiger partial charge in [0.2, 0.25) is 0 Å². The summed E-state index contributed by atoms with van der Waals surface area (Å²) in [5, 5.41) is 0. The van der Waals surface area contributed by atoms with E-state index in [0.29, 0.717) is 0 Å². The third-order valence-electron chi connectivity index (χ3n) is 1.99. The van der Waals surface area contributed by atoms with Crippen LogP contribution in [0.15, 0.2) is 18.2 Å². The molecule has 1 nitrogen and oxygen atoms in total. The smallest absolute Gasteiger partial charge is 0.170 e. The fourth-order valence-corrected chi connectivity index (χ4v) is 1.13. The predicted molar refractivity (Wildman–Crippen MR) is 45.2 cm³/mol. The van der Waals surface area contributed by atoms with Gasteiger partial charge >= 0.3 is 0 Å². The maximum absolute atomic E-state index is 5.17. The Balaban J connectivity index is 2.42. The van der Waals surface area contributed by atoms with E-state index >= 15 is 0 Å². The third kappa shape index (κ3) is 1.11. The van der Waals surface area contributed by atoms with Gasteiger partial charge in [0.1, 0.15) is 0 Å². The zero-order valence-corrected chi connectivity index (χ0v) is 7.14. The molecule has 0 radical (unpaired) electrons. The standard InChI is InChI=1S/C10H12O/c1-10(2,3)7-4-5-8-9(6-7)11-8/h4-6H,1-3H3. The summed E-state index contributed by atoms with van der Waals surface area (Å²) in [5.74, 6) is 2.09. The Kier molecular flexibility index (Phi) is 1.09.